The SMILES string of the molecule is Cc1ccc2c(c1)OC(C)(C)C[C@H]2NC(=O)c1ccc(Cn2nc(C)cc2C)cc1. The Hall–Kier alpha value is -3.08. The summed E-state index contributed by atoms with van der Waals surface area (Å²) in [4.78, 5) is 13.0. The predicted octanol–water partition coefficient (Wildman–Crippen LogP) is 4.89. The molecule has 0 saturated heterocycles. The van der Waals surface area contributed by atoms with Gasteiger partial charge < -0.3 is 10.1 Å². The zero-order valence-electron chi connectivity index (χ0n) is 18.3. The Morgan fingerprint density at radius 2 is 1.87 bits per heavy atom. The number of hydrogen-bond acceptors (Lipinski definition) is 3. The normalized spacial score (nSPS) is 17.2. The number of hydrogen-bond donors (Lipinski definition) is 1. The van der Waals surface area contributed by atoms with Crippen LogP contribution < -0.4 is 10.1 Å². The summed E-state index contributed by atoms with van der Waals surface area (Å²) in [6, 6.07) is 15.9. The lowest BCUT2D eigenvalue weighted by atomic mass is 9.89. The van der Waals surface area contributed by atoms with Crippen molar-refractivity contribution in [3.05, 3.63) is 82.2 Å². The summed E-state index contributed by atoms with van der Waals surface area (Å²) in [5.41, 5.74) is 5.77. The topological polar surface area (TPSA) is 56.1 Å². The Morgan fingerprint density at radius 3 is 2.53 bits per heavy atom. The van der Waals surface area contributed by atoms with Crippen molar-refractivity contribution in [3.63, 3.8) is 0 Å². The van der Waals surface area contributed by atoms with Gasteiger partial charge >= 0.3 is 0 Å². The highest BCUT2D eigenvalue weighted by Gasteiger charge is 2.34. The van der Waals surface area contributed by atoms with Crippen molar-refractivity contribution in [2.75, 3.05) is 0 Å². The molecule has 0 unspecified atom stereocenters. The fraction of sp³-hybridized carbons (Fsp3) is 0.360. The average Bonchev–Trinajstić information content (AvgIpc) is 2.97. The molecule has 0 fully saturated rings. The number of nitrogens with one attached hydrogen (secondary N) is 1. The Kier molecular flexibility index (Phi) is 5.14. The quantitative estimate of drug-likeness (QED) is 0.675. The third-order valence-electron chi connectivity index (χ3n) is 5.58. The van der Waals surface area contributed by atoms with Crippen LogP contribution in [0.1, 0.15) is 64.7 Å². The molecule has 1 N–H and O–H groups in total. The number of rotatable bonds is 4. The van der Waals surface area contributed by atoms with Crippen LogP contribution in [0.25, 0.3) is 0 Å². The van der Waals surface area contributed by atoms with Gasteiger partial charge in [0.2, 0.25) is 0 Å². The number of fused-ring (bicyclic) bond motifs is 1. The van der Waals surface area contributed by atoms with E-state index in [1.54, 1.807) is 0 Å². The van der Waals surface area contributed by atoms with Gasteiger partial charge in [-0.1, -0.05) is 24.3 Å². The van der Waals surface area contributed by atoms with Crippen LogP contribution >= 0.6 is 0 Å². The van der Waals surface area contributed by atoms with E-state index in [4.69, 9.17) is 4.74 Å². The molecule has 2 heterocycles. The lowest BCUT2D eigenvalue weighted by molar-refractivity contribution is 0.0619. The first kappa shape index (κ1) is 20.2. The van der Waals surface area contributed by atoms with Gasteiger partial charge in [-0.05, 0) is 70.0 Å². The first-order valence-corrected chi connectivity index (χ1v) is 10.4. The first-order chi connectivity index (χ1) is 14.2. The smallest absolute Gasteiger partial charge is 0.251 e. The summed E-state index contributed by atoms with van der Waals surface area (Å²) in [7, 11) is 0. The van der Waals surface area contributed by atoms with Gasteiger partial charge in [0.15, 0.2) is 0 Å². The van der Waals surface area contributed by atoms with Gasteiger partial charge in [-0.2, -0.15) is 5.10 Å². The van der Waals surface area contributed by atoms with E-state index < -0.39 is 0 Å². The Bertz CT molecular complexity index is 1080. The summed E-state index contributed by atoms with van der Waals surface area (Å²) in [5.74, 6) is 0.790. The number of amides is 1. The second kappa shape index (κ2) is 7.63. The van der Waals surface area contributed by atoms with Crippen molar-refractivity contribution in [1.29, 1.82) is 0 Å². The van der Waals surface area contributed by atoms with Crippen LogP contribution in [0.2, 0.25) is 0 Å². The molecule has 4 rings (SSSR count). The van der Waals surface area contributed by atoms with Crippen LogP contribution in [0.15, 0.2) is 48.5 Å². The van der Waals surface area contributed by atoms with Crippen LogP contribution in [-0.4, -0.2) is 21.3 Å². The maximum atomic E-state index is 13.0. The van der Waals surface area contributed by atoms with E-state index in [9.17, 15) is 4.79 Å². The van der Waals surface area contributed by atoms with E-state index >= 15 is 0 Å². The Morgan fingerprint density at radius 1 is 1.13 bits per heavy atom. The molecular weight excluding hydrogens is 374 g/mol. The molecule has 5 nitrogen and oxygen atoms in total. The molecule has 1 atom stereocenters. The van der Waals surface area contributed by atoms with Crippen molar-refractivity contribution in [2.45, 2.75) is 59.2 Å². The molecule has 2 aromatic carbocycles. The maximum Gasteiger partial charge on any atom is 0.251 e. The zero-order valence-corrected chi connectivity index (χ0v) is 18.3. The monoisotopic (exact) mass is 403 g/mol. The largest absolute Gasteiger partial charge is 0.487 e. The zero-order chi connectivity index (χ0) is 21.5. The van der Waals surface area contributed by atoms with Crippen molar-refractivity contribution in [1.82, 2.24) is 15.1 Å². The molecule has 0 radical (unpaired) electrons. The maximum absolute atomic E-state index is 13.0. The standard InChI is InChI=1S/C25H29N3O2/c1-16-6-11-21-22(14-25(4,5)30-23(21)12-16)26-24(29)20-9-7-19(8-10-20)15-28-18(3)13-17(2)27-28/h6-13,22H,14-15H2,1-5H3,(H,26,29)/t22-/m1/s1. The Balaban J connectivity index is 1.49. The van der Waals surface area contributed by atoms with Gasteiger partial charge in [-0.15, -0.1) is 0 Å². The Labute approximate surface area is 178 Å². The second-order valence-corrected chi connectivity index (χ2v) is 8.91. The summed E-state index contributed by atoms with van der Waals surface area (Å²) in [5, 5.41) is 7.72. The minimum absolute atomic E-state index is 0.0677. The van der Waals surface area contributed by atoms with Crippen molar-refractivity contribution in [3.8, 4) is 5.75 Å². The van der Waals surface area contributed by atoms with Crippen LogP contribution in [0, 0.1) is 20.8 Å². The van der Waals surface area contributed by atoms with Gasteiger partial charge in [0.05, 0.1) is 18.3 Å². The van der Waals surface area contributed by atoms with Crippen molar-refractivity contribution < 1.29 is 9.53 Å². The summed E-state index contributed by atoms with van der Waals surface area (Å²) in [6.07, 6.45) is 0.727. The van der Waals surface area contributed by atoms with E-state index in [2.05, 4.69) is 49.4 Å². The van der Waals surface area contributed by atoms with Gasteiger partial charge in [0, 0.05) is 23.2 Å². The number of aromatic nitrogens is 2. The number of ether oxygens (including phenoxy) is 1. The van der Waals surface area contributed by atoms with Gasteiger partial charge in [0.25, 0.3) is 5.91 Å². The van der Waals surface area contributed by atoms with Crippen LogP contribution in [0.4, 0.5) is 0 Å². The molecule has 0 aliphatic carbocycles. The summed E-state index contributed by atoms with van der Waals surface area (Å²) < 4.78 is 8.12. The fourth-order valence-electron chi connectivity index (χ4n) is 4.10. The molecular formula is C25H29N3O2. The molecule has 1 aliphatic rings. The third kappa shape index (κ3) is 4.25. The first-order valence-electron chi connectivity index (χ1n) is 10.4. The van der Waals surface area contributed by atoms with Crippen molar-refractivity contribution >= 4 is 5.91 Å². The average molecular weight is 404 g/mol. The molecule has 5 heteroatoms. The molecule has 0 spiro atoms. The number of benzene rings is 2. The summed E-state index contributed by atoms with van der Waals surface area (Å²) >= 11 is 0. The van der Waals surface area contributed by atoms with E-state index in [1.165, 1.54) is 0 Å². The minimum Gasteiger partial charge on any atom is -0.487 e. The molecule has 1 aromatic heterocycles. The van der Waals surface area contributed by atoms with Crippen LogP contribution in [-0.2, 0) is 6.54 Å². The van der Waals surface area contributed by atoms with Gasteiger partial charge in [0.1, 0.15) is 11.4 Å². The van der Waals surface area contributed by atoms with Crippen LogP contribution in [0.3, 0.4) is 0 Å². The third-order valence-corrected chi connectivity index (χ3v) is 5.58. The van der Waals surface area contributed by atoms with Gasteiger partial charge in [-0.25, -0.2) is 0 Å². The minimum atomic E-state index is -0.331. The highest BCUT2D eigenvalue weighted by atomic mass is 16.5. The lowest BCUT2D eigenvalue weighted by Crippen LogP contribution is -2.41. The highest BCUT2D eigenvalue weighted by Crippen LogP contribution is 2.40. The number of aryl methyl sites for hydroxylation is 3. The molecule has 1 amide bonds. The number of carbonyl (C=O) groups is 1. The molecule has 0 saturated carbocycles. The molecule has 30 heavy (non-hydrogen) atoms. The second-order valence-electron chi connectivity index (χ2n) is 8.91. The molecule has 1 aliphatic heterocycles. The van der Waals surface area contributed by atoms with E-state index in [0.717, 1.165) is 40.2 Å². The summed E-state index contributed by atoms with van der Waals surface area (Å²) in [6.45, 7) is 10.9. The highest BCUT2D eigenvalue weighted by molar-refractivity contribution is 5.94. The predicted molar refractivity (Wildman–Crippen MR) is 118 cm³/mol. The molecule has 0 bridgehead atoms. The van der Waals surface area contributed by atoms with Crippen LogP contribution in [0.5, 0.6) is 5.75 Å². The van der Waals surface area contributed by atoms with Crippen molar-refractivity contribution in [2.24, 2.45) is 0 Å². The fourth-order valence-corrected chi connectivity index (χ4v) is 4.10. The number of carbonyl (C=O) groups excluding carboxylic acids is 1. The van der Waals surface area contributed by atoms with E-state index in [-0.39, 0.29) is 17.6 Å². The van der Waals surface area contributed by atoms with E-state index in [1.807, 2.05) is 48.9 Å². The lowest BCUT2D eigenvalue weighted by Gasteiger charge is -2.38. The molecule has 3 aromatic rings. The van der Waals surface area contributed by atoms with Gasteiger partial charge in [-0.3, -0.25) is 9.48 Å². The van der Waals surface area contributed by atoms with E-state index in [0.29, 0.717) is 12.1 Å². The molecule has 156 valence electrons. The number of nitrogens with zero attached hydrogens (tertiary/aromatic N) is 2.